The molecule has 0 saturated carbocycles. The van der Waals surface area contributed by atoms with Gasteiger partial charge in [-0.15, -0.1) is 0 Å². The van der Waals surface area contributed by atoms with E-state index < -0.39 is 0 Å². The minimum Gasteiger partial charge on any atom is -0.360 e. The molecule has 8 heteroatoms. The zero-order valence-corrected chi connectivity index (χ0v) is 14.2. The van der Waals surface area contributed by atoms with Crippen molar-refractivity contribution in [3.05, 3.63) is 60.1 Å². The minimum atomic E-state index is -0.386. The van der Waals surface area contributed by atoms with E-state index in [1.165, 1.54) is 13.1 Å². The Balaban J connectivity index is 1.68. The Kier molecular flexibility index (Phi) is 4.93. The maximum Gasteiger partial charge on any atom is 0.275 e. The second-order valence-corrected chi connectivity index (χ2v) is 5.59. The Morgan fingerprint density at radius 3 is 2.35 bits per heavy atom. The highest BCUT2D eigenvalue weighted by Crippen LogP contribution is 2.19. The molecule has 26 heavy (non-hydrogen) atoms. The Labute approximate surface area is 149 Å². The largest absolute Gasteiger partial charge is 0.360 e. The van der Waals surface area contributed by atoms with Gasteiger partial charge in [0.1, 0.15) is 11.5 Å². The molecule has 0 spiro atoms. The fraction of sp³-hybridized carbons (Fsp3) is 0.111. The van der Waals surface area contributed by atoms with Gasteiger partial charge in [-0.05, 0) is 43.3 Å². The molecule has 132 valence electrons. The number of aryl methyl sites for hydroxylation is 1. The molecule has 0 aliphatic heterocycles. The molecule has 2 aromatic heterocycles. The van der Waals surface area contributed by atoms with Crippen molar-refractivity contribution < 1.29 is 14.1 Å². The molecular weight excluding hydrogens is 334 g/mol. The molecule has 0 unspecified atom stereocenters. The van der Waals surface area contributed by atoms with Crippen LogP contribution in [-0.4, -0.2) is 22.0 Å². The molecule has 0 atom stereocenters. The van der Waals surface area contributed by atoms with Crippen molar-refractivity contribution in [1.29, 1.82) is 0 Å². The molecule has 1 aromatic carbocycles. The number of carbonyl (C=O) groups is 2. The number of anilines is 4. The van der Waals surface area contributed by atoms with Crippen LogP contribution < -0.4 is 16.0 Å². The van der Waals surface area contributed by atoms with Crippen molar-refractivity contribution in [3.8, 4) is 0 Å². The van der Waals surface area contributed by atoms with Gasteiger partial charge in [0.2, 0.25) is 5.91 Å². The van der Waals surface area contributed by atoms with Crippen molar-refractivity contribution in [3.63, 3.8) is 0 Å². The van der Waals surface area contributed by atoms with Crippen molar-refractivity contribution in [2.45, 2.75) is 13.8 Å². The third-order valence-corrected chi connectivity index (χ3v) is 3.36. The van der Waals surface area contributed by atoms with E-state index in [2.05, 4.69) is 26.1 Å². The first-order chi connectivity index (χ1) is 12.5. The van der Waals surface area contributed by atoms with Gasteiger partial charge in [-0.2, -0.15) is 0 Å². The first-order valence-electron chi connectivity index (χ1n) is 7.85. The van der Waals surface area contributed by atoms with Crippen molar-refractivity contribution in [1.82, 2.24) is 10.1 Å². The first kappa shape index (κ1) is 17.2. The summed E-state index contributed by atoms with van der Waals surface area (Å²) in [5.41, 5.74) is 2.46. The Bertz CT molecular complexity index is 934. The fourth-order valence-electron chi connectivity index (χ4n) is 2.24. The van der Waals surface area contributed by atoms with Crippen LogP contribution in [0.5, 0.6) is 0 Å². The van der Waals surface area contributed by atoms with Crippen LogP contribution in [0.15, 0.2) is 53.2 Å². The normalized spacial score (nSPS) is 10.2. The van der Waals surface area contributed by atoms with Crippen molar-refractivity contribution >= 4 is 34.7 Å². The lowest BCUT2D eigenvalue weighted by molar-refractivity contribution is -0.114. The van der Waals surface area contributed by atoms with Crippen LogP contribution in [0.1, 0.15) is 23.2 Å². The highest BCUT2D eigenvalue weighted by molar-refractivity contribution is 6.02. The highest BCUT2D eigenvalue weighted by atomic mass is 16.5. The minimum absolute atomic E-state index is 0.127. The lowest BCUT2D eigenvalue weighted by Crippen LogP contribution is -2.14. The molecule has 3 rings (SSSR count). The summed E-state index contributed by atoms with van der Waals surface area (Å²) in [6, 6.07) is 12.2. The second kappa shape index (κ2) is 7.47. The number of benzene rings is 1. The van der Waals surface area contributed by atoms with Gasteiger partial charge in [0.25, 0.3) is 5.91 Å². The van der Waals surface area contributed by atoms with E-state index in [4.69, 9.17) is 4.52 Å². The van der Waals surface area contributed by atoms with Crippen LogP contribution in [0.4, 0.5) is 22.9 Å². The predicted octanol–water partition coefficient (Wildman–Crippen LogP) is 3.33. The van der Waals surface area contributed by atoms with Crippen LogP contribution in [0.2, 0.25) is 0 Å². The number of nitrogens with one attached hydrogen (secondary N) is 3. The van der Waals surface area contributed by atoms with Gasteiger partial charge in [0.15, 0.2) is 5.82 Å². The second-order valence-electron chi connectivity index (χ2n) is 5.59. The van der Waals surface area contributed by atoms with E-state index in [9.17, 15) is 9.59 Å². The monoisotopic (exact) mass is 351 g/mol. The van der Waals surface area contributed by atoms with Crippen LogP contribution in [-0.2, 0) is 4.79 Å². The van der Waals surface area contributed by atoms with Crippen molar-refractivity contribution in [2.24, 2.45) is 0 Å². The SMILES string of the molecule is CC(=O)Nc1ccc(Nc2ccnc(C(=O)Nc3cc(C)on3)c2)cc1. The van der Waals surface area contributed by atoms with E-state index >= 15 is 0 Å². The Morgan fingerprint density at radius 2 is 1.69 bits per heavy atom. The summed E-state index contributed by atoms with van der Waals surface area (Å²) in [4.78, 5) is 27.4. The van der Waals surface area contributed by atoms with Gasteiger partial charge in [-0.25, -0.2) is 0 Å². The Morgan fingerprint density at radius 1 is 0.962 bits per heavy atom. The van der Waals surface area contributed by atoms with Gasteiger partial charge in [-0.3, -0.25) is 14.6 Å². The van der Waals surface area contributed by atoms with Gasteiger partial charge in [0, 0.05) is 36.2 Å². The third kappa shape index (κ3) is 4.44. The summed E-state index contributed by atoms with van der Waals surface area (Å²) in [6.07, 6.45) is 1.54. The maximum atomic E-state index is 12.3. The lowest BCUT2D eigenvalue weighted by Gasteiger charge is -2.09. The molecule has 2 amide bonds. The molecule has 2 heterocycles. The molecule has 0 aliphatic rings. The van der Waals surface area contributed by atoms with E-state index in [1.807, 2.05) is 12.1 Å². The van der Waals surface area contributed by atoms with Gasteiger partial charge < -0.3 is 20.5 Å². The van der Waals surface area contributed by atoms with Crippen LogP contribution in [0.3, 0.4) is 0 Å². The van der Waals surface area contributed by atoms with Crippen LogP contribution >= 0.6 is 0 Å². The molecule has 0 aliphatic carbocycles. The molecular formula is C18H17N5O3. The summed E-state index contributed by atoms with van der Waals surface area (Å²) >= 11 is 0. The Hall–Kier alpha value is -3.68. The summed E-state index contributed by atoms with van der Waals surface area (Å²) < 4.78 is 4.91. The fourth-order valence-corrected chi connectivity index (χ4v) is 2.24. The summed E-state index contributed by atoms with van der Waals surface area (Å²) in [5.74, 6) is 0.424. The zero-order chi connectivity index (χ0) is 18.5. The summed E-state index contributed by atoms with van der Waals surface area (Å²) in [5, 5.41) is 12.2. The van der Waals surface area contributed by atoms with E-state index in [1.54, 1.807) is 37.3 Å². The molecule has 0 radical (unpaired) electrons. The molecule has 0 bridgehead atoms. The van der Waals surface area contributed by atoms with Crippen LogP contribution in [0, 0.1) is 6.92 Å². The maximum absolute atomic E-state index is 12.3. The molecule has 0 saturated heterocycles. The third-order valence-electron chi connectivity index (χ3n) is 3.36. The molecule has 8 nitrogen and oxygen atoms in total. The molecule has 3 aromatic rings. The highest BCUT2D eigenvalue weighted by Gasteiger charge is 2.11. The van der Waals surface area contributed by atoms with Gasteiger partial charge in [0.05, 0.1) is 0 Å². The number of hydrogen-bond donors (Lipinski definition) is 3. The summed E-state index contributed by atoms with van der Waals surface area (Å²) in [6.45, 7) is 3.19. The smallest absolute Gasteiger partial charge is 0.275 e. The van der Waals surface area contributed by atoms with Crippen LogP contribution in [0.25, 0.3) is 0 Å². The number of rotatable bonds is 5. The van der Waals surface area contributed by atoms with E-state index in [0.29, 0.717) is 23.0 Å². The number of pyridine rings is 1. The zero-order valence-electron chi connectivity index (χ0n) is 14.2. The van der Waals surface area contributed by atoms with Gasteiger partial charge in [-0.1, -0.05) is 5.16 Å². The lowest BCUT2D eigenvalue weighted by atomic mass is 10.2. The summed E-state index contributed by atoms with van der Waals surface area (Å²) in [7, 11) is 0. The average molecular weight is 351 g/mol. The molecule has 0 fully saturated rings. The number of hydrogen-bond acceptors (Lipinski definition) is 6. The number of aromatic nitrogens is 2. The number of carbonyl (C=O) groups excluding carboxylic acids is 2. The van der Waals surface area contributed by atoms with E-state index in [-0.39, 0.29) is 17.5 Å². The van der Waals surface area contributed by atoms with Gasteiger partial charge >= 0.3 is 0 Å². The number of amides is 2. The topological polar surface area (TPSA) is 109 Å². The molecule has 3 N–H and O–H groups in total. The number of nitrogens with zero attached hydrogens (tertiary/aromatic N) is 2. The van der Waals surface area contributed by atoms with E-state index in [0.717, 1.165) is 5.69 Å². The first-order valence-corrected chi connectivity index (χ1v) is 7.85. The van der Waals surface area contributed by atoms with Crippen molar-refractivity contribution in [2.75, 3.05) is 16.0 Å². The predicted molar refractivity (Wildman–Crippen MR) is 97.5 cm³/mol. The average Bonchev–Trinajstić information content (AvgIpc) is 3.01. The quantitative estimate of drug-likeness (QED) is 0.650. The standard InChI is InChI=1S/C18H17N5O3/c1-11-9-17(23-26-11)22-18(25)16-10-15(7-8-19-16)21-14-5-3-13(4-6-14)20-12(2)24/h3-10H,1-2H3,(H,19,21)(H,20,24)(H,22,23,25).